The lowest BCUT2D eigenvalue weighted by Crippen LogP contribution is -2.63. The van der Waals surface area contributed by atoms with Crippen LogP contribution in [0.4, 0.5) is 0 Å². The summed E-state index contributed by atoms with van der Waals surface area (Å²) in [4.78, 5) is 2.75. The second-order valence-electron chi connectivity index (χ2n) is 8.14. The molecule has 2 aliphatic rings. The molecule has 1 atom stereocenters. The summed E-state index contributed by atoms with van der Waals surface area (Å²) in [5.41, 5.74) is 1.38. The van der Waals surface area contributed by atoms with E-state index >= 15 is 0 Å². The fraction of sp³-hybridized carbons (Fsp3) is 1.00. The fourth-order valence-electron chi connectivity index (χ4n) is 4.09. The average molecular weight is 266 g/mol. The minimum atomic E-state index is 0.357. The highest BCUT2D eigenvalue weighted by Gasteiger charge is 2.64. The maximum absolute atomic E-state index is 3.81. The van der Waals surface area contributed by atoms with Crippen molar-refractivity contribution < 1.29 is 0 Å². The van der Waals surface area contributed by atoms with Gasteiger partial charge in [-0.25, -0.2) is 0 Å². The van der Waals surface area contributed by atoms with Crippen LogP contribution in [0.5, 0.6) is 0 Å². The van der Waals surface area contributed by atoms with E-state index in [0.717, 1.165) is 12.5 Å². The van der Waals surface area contributed by atoms with Gasteiger partial charge in [0.25, 0.3) is 0 Å². The molecule has 0 amide bonds. The summed E-state index contributed by atoms with van der Waals surface area (Å²) in [7, 11) is 0. The number of hydrogen-bond acceptors (Lipinski definition) is 2. The molecule has 19 heavy (non-hydrogen) atoms. The van der Waals surface area contributed by atoms with Crippen LogP contribution in [0.1, 0.15) is 61.3 Å². The van der Waals surface area contributed by atoms with Crippen LogP contribution in [0, 0.1) is 16.7 Å². The third kappa shape index (κ3) is 2.35. The van der Waals surface area contributed by atoms with Crippen LogP contribution < -0.4 is 5.32 Å². The quantitative estimate of drug-likeness (QED) is 0.837. The van der Waals surface area contributed by atoms with Gasteiger partial charge in [-0.15, -0.1) is 0 Å². The summed E-state index contributed by atoms with van der Waals surface area (Å²) in [6, 6.07) is 0.679. The molecule has 1 aliphatic carbocycles. The smallest absolute Gasteiger partial charge is 0.0304 e. The molecule has 0 aromatic heterocycles. The van der Waals surface area contributed by atoms with E-state index < -0.39 is 0 Å². The molecule has 2 rings (SSSR count). The monoisotopic (exact) mass is 266 g/mol. The third-order valence-electron chi connectivity index (χ3n) is 6.99. The van der Waals surface area contributed by atoms with E-state index in [4.69, 9.17) is 0 Å². The van der Waals surface area contributed by atoms with Crippen molar-refractivity contribution in [3.05, 3.63) is 0 Å². The molecule has 2 nitrogen and oxygen atoms in total. The van der Waals surface area contributed by atoms with Gasteiger partial charge in [0.15, 0.2) is 0 Å². The zero-order valence-electron chi connectivity index (χ0n) is 14.1. The van der Waals surface area contributed by atoms with Crippen LogP contribution in [-0.2, 0) is 0 Å². The van der Waals surface area contributed by atoms with E-state index in [9.17, 15) is 0 Å². The first kappa shape index (κ1) is 15.3. The molecule has 0 aromatic carbocycles. The lowest BCUT2D eigenvalue weighted by molar-refractivity contribution is 0.0721. The van der Waals surface area contributed by atoms with Crippen LogP contribution in [0.15, 0.2) is 0 Å². The summed E-state index contributed by atoms with van der Waals surface area (Å²) in [6.45, 7) is 20.5. The molecule has 1 aliphatic heterocycles. The minimum absolute atomic E-state index is 0.357. The fourth-order valence-corrected chi connectivity index (χ4v) is 4.09. The number of hydrogen-bond donors (Lipinski definition) is 1. The van der Waals surface area contributed by atoms with Crippen molar-refractivity contribution in [3.63, 3.8) is 0 Å². The highest BCUT2D eigenvalue weighted by Crippen LogP contribution is 2.68. The Morgan fingerprint density at radius 2 is 1.58 bits per heavy atom. The number of nitrogens with zero attached hydrogens (tertiary/aromatic N) is 1. The number of piperazine rings is 1. The Morgan fingerprint density at radius 1 is 1.05 bits per heavy atom. The Hall–Kier alpha value is -0.0800. The van der Waals surface area contributed by atoms with Crippen LogP contribution in [0.2, 0.25) is 0 Å². The molecule has 1 saturated carbocycles. The van der Waals surface area contributed by atoms with Gasteiger partial charge in [0.05, 0.1) is 0 Å². The Bertz CT molecular complexity index is 314. The molecule has 1 saturated heterocycles. The third-order valence-corrected chi connectivity index (χ3v) is 6.99. The van der Waals surface area contributed by atoms with Crippen molar-refractivity contribution >= 4 is 0 Å². The summed E-state index contributed by atoms with van der Waals surface area (Å²) >= 11 is 0. The van der Waals surface area contributed by atoms with Crippen molar-refractivity contribution in [2.24, 2.45) is 16.7 Å². The van der Waals surface area contributed by atoms with Crippen molar-refractivity contribution in [1.29, 1.82) is 0 Å². The van der Waals surface area contributed by atoms with Crippen molar-refractivity contribution in [2.75, 3.05) is 19.6 Å². The van der Waals surface area contributed by atoms with Crippen molar-refractivity contribution in [3.8, 4) is 0 Å². The van der Waals surface area contributed by atoms with Gasteiger partial charge in [0.2, 0.25) is 0 Å². The predicted molar refractivity (Wildman–Crippen MR) is 83.4 cm³/mol. The highest BCUT2D eigenvalue weighted by atomic mass is 15.3. The van der Waals surface area contributed by atoms with Gasteiger partial charge >= 0.3 is 0 Å². The lowest BCUT2D eigenvalue weighted by Gasteiger charge is -2.47. The van der Waals surface area contributed by atoms with E-state index in [0.29, 0.717) is 22.4 Å². The van der Waals surface area contributed by atoms with Gasteiger partial charge in [0, 0.05) is 31.2 Å². The van der Waals surface area contributed by atoms with E-state index in [1.165, 1.54) is 25.9 Å². The summed E-state index contributed by atoms with van der Waals surface area (Å²) in [5, 5.41) is 3.81. The zero-order valence-corrected chi connectivity index (χ0v) is 14.1. The first-order chi connectivity index (χ1) is 8.70. The second-order valence-corrected chi connectivity index (χ2v) is 8.14. The molecule has 1 N–H and O–H groups in total. The molecule has 2 heteroatoms. The van der Waals surface area contributed by atoms with Gasteiger partial charge in [0.1, 0.15) is 0 Å². The van der Waals surface area contributed by atoms with E-state index in [2.05, 4.69) is 58.7 Å². The van der Waals surface area contributed by atoms with Crippen LogP contribution >= 0.6 is 0 Å². The van der Waals surface area contributed by atoms with E-state index in [-0.39, 0.29) is 0 Å². The first-order valence-corrected chi connectivity index (χ1v) is 8.19. The van der Waals surface area contributed by atoms with Gasteiger partial charge in [-0.1, -0.05) is 41.5 Å². The predicted octanol–water partition coefficient (Wildman–Crippen LogP) is 3.52. The standard InChI is InChI=1S/C17H34N2/c1-8-17(9-2)12-19(13(3)10-18-17)11-14-15(4,5)16(14,6)7/h13-14,18H,8-12H2,1-7H3. The minimum Gasteiger partial charge on any atom is -0.308 e. The highest BCUT2D eigenvalue weighted by molar-refractivity contribution is 5.13. The molecule has 0 spiro atoms. The molecule has 2 fully saturated rings. The Morgan fingerprint density at radius 3 is 2.00 bits per heavy atom. The topological polar surface area (TPSA) is 15.3 Å². The molecule has 0 radical (unpaired) electrons. The molecule has 112 valence electrons. The largest absolute Gasteiger partial charge is 0.308 e. The lowest BCUT2D eigenvalue weighted by atomic mass is 9.88. The first-order valence-electron chi connectivity index (χ1n) is 8.19. The molecule has 1 unspecified atom stereocenters. The van der Waals surface area contributed by atoms with Gasteiger partial charge < -0.3 is 5.32 Å². The summed E-state index contributed by atoms with van der Waals surface area (Å²) in [6.07, 6.45) is 2.48. The molecular weight excluding hydrogens is 232 g/mol. The van der Waals surface area contributed by atoms with E-state index in [1.54, 1.807) is 0 Å². The number of rotatable bonds is 4. The molecule has 0 bridgehead atoms. The zero-order chi connectivity index (χ0) is 14.5. The Labute approximate surface area is 120 Å². The summed E-state index contributed by atoms with van der Waals surface area (Å²) in [5.74, 6) is 0.854. The van der Waals surface area contributed by atoms with Crippen molar-refractivity contribution in [1.82, 2.24) is 10.2 Å². The second kappa shape index (κ2) is 4.73. The van der Waals surface area contributed by atoms with Crippen LogP contribution in [-0.4, -0.2) is 36.1 Å². The summed E-state index contributed by atoms with van der Waals surface area (Å²) < 4.78 is 0. The van der Waals surface area contributed by atoms with Gasteiger partial charge in [-0.05, 0) is 36.5 Å². The van der Waals surface area contributed by atoms with Crippen LogP contribution in [0.25, 0.3) is 0 Å². The maximum atomic E-state index is 3.81. The Balaban J connectivity index is 2.04. The van der Waals surface area contributed by atoms with Gasteiger partial charge in [-0.3, -0.25) is 4.90 Å². The Kier molecular flexibility index (Phi) is 3.81. The SMILES string of the molecule is CCC1(CC)CN(CC2C(C)(C)C2(C)C)C(C)CN1. The van der Waals surface area contributed by atoms with Gasteiger partial charge in [-0.2, -0.15) is 0 Å². The van der Waals surface area contributed by atoms with Crippen LogP contribution in [0.3, 0.4) is 0 Å². The normalized spacial score (nSPS) is 33.3. The molecule has 0 aromatic rings. The van der Waals surface area contributed by atoms with Crippen molar-refractivity contribution in [2.45, 2.75) is 72.9 Å². The maximum Gasteiger partial charge on any atom is 0.0304 e. The number of nitrogens with one attached hydrogen (secondary N) is 1. The molecular formula is C17H34N2. The molecule has 1 heterocycles. The van der Waals surface area contributed by atoms with E-state index in [1.807, 2.05) is 0 Å². The average Bonchev–Trinajstić information content (AvgIpc) is 2.75.